The second-order valence-corrected chi connectivity index (χ2v) is 3.11. The van der Waals surface area contributed by atoms with E-state index >= 15 is 0 Å². The Balaban J connectivity index is 3.74. The van der Waals surface area contributed by atoms with E-state index in [1.807, 2.05) is 6.92 Å². The maximum atomic E-state index is 5.21. The molecule has 1 heteroatoms. The van der Waals surface area contributed by atoms with Gasteiger partial charge in [0.15, 0.2) is 0 Å². The summed E-state index contributed by atoms with van der Waals surface area (Å²) < 4.78 is 5.21. The van der Waals surface area contributed by atoms with E-state index in [0.717, 1.165) is 12.4 Å². The maximum Gasteiger partial charge on any atom is 0.0941 e. The summed E-state index contributed by atoms with van der Waals surface area (Å²) in [4.78, 5) is 0. The van der Waals surface area contributed by atoms with Crippen LogP contribution in [-0.2, 0) is 4.74 Å². The lowest BCUT2D eigenvalue weighted by Crippen LogP contribution is -2.10. The van der Waals surface area contributed by atoms with Crippen molar-refractivity contribution in [2.75, 3.05) is 6.61 Å². The van der Waals surface area contributed by atoms with Crippen LogP contribution >= 0.6 is 0 Å². The fraction of sp³-hybridized carbons (Fsp3) is 0.750. The van der Waals surface area contributed by atoms with Crippen LogP contribution in [0.1, 0.15) is 27.7 Å². The highest BCUT2D eigenvalue weighted by Crippen LogP contribution is 2.23. The van der Waals surface area contributed by atoms with Crippen molar-refractivity contribution in [3.05, 3.63) is 12.3 Å². The molecule has 0 radical (unpaired) electrons. The molecule has 0 aliphatic heterocycles. The average molecular weight is 128 g/mol. The minimum absolute atomic E-state index is 0.0933. The first-order chi connectivity index (χ1) is 3.98. The third kappa shape index (κ3) is 3.17. The molecule has 0 bridgehead atoms. The maximum absolute atomic E-state index is 5.21. The summed E-state index contributed by atoms with van der Waals surface area (Å²) in [7, 11) is 0. The Kier molecular flexibility index (Phi) is 2.75. The van der Waals surface area contributed by atoms with Crippen LogP contribution in [0.4, 0.5) is 0 Å². The fourth-order valence-electron chi connectivity index (χ4n) is 0.391. The van der Waals surface area contributed by atoms with Crippen LogP contribution in [0.15, 0.2) is 12.3 Å². The van der Waals surface area contributed by atoms with Gasteiger partial charge in [0, 0.05) is 5.41 Å². The zero-order chi connectivity index (χ0) is 7.49. The highest BCUT2D eigenvalue weighted by atomic mass is 16.5. The van der Waals surface area contributed by atoms with Gasteiger partial charge in [0.1, 0.15) is 0 Å². The van der Waals surface area contributed by atoms with Crippen molar-refractivity contribution in [2.24, 2.45) is 5.41 Å². The molecule has 0 heterocycles. The van der Waals surface area contributed by atoms with Gasteiger partial charge in [-0.3, -0.25) is 0 Å². The van der Waals surface area contributed by atoms with Gasteiger partial charge in [-0.25, -0.2) is 0 Å². The number of hydrogen-bond donors (Lipinski definition) is 0. The Labute approximate surface area is 57.7 Å². The van der Waals surface area contributed by atoms with Crippen molar-refractivity contribution < 1.29 is 4.74 Å². The SMILES string of the molecule is C=C(OCC)C(C)(C)C. The van der Waals surface area contributed by atoms with Crippen LogP contribution < -0.4 is 0 Å². The fourth-order valence-corrected chi connectivity index (χ4v) is 0.391. The molecule has 0 saturated heterocycles. The van der Waals surface area contributed by atoms with Crippen LogP contribution in [0, 0.1) is 5.41 Å². The van der Waals surface area contributed by atoms with E-state index in [-0.39, 0.29) is 5.41 Å². The summed E-state index contributed by atoms with van der Waals surface area (Å²) >= 11 is 0. The van der Waals surface area contributed by atoms with E-state index in [1.54, 1.807) is 0 Å². The largest absolute Gasteiger partial charge is 0.498 e. The molecular weight excluding hydrogens is 112 g/mol. The molecule has 0 aromatic rings. The Bertz CT molecular complexity index is 97.6. The molecule has 0 aromatic carbocycles. The van der Waals surface area contributed by atoms with Gasteiger partial charge in [-0.2, -0.15) is 0 Å². The van der Waals surface area contributed by atoms with Crippen molar-refractivity contribution in [1.82, 2.24) is 0 Å². The Hall–Kier alpha value is -0.460. The van der Waals surface area contributed by atoms with Crippen LogP contribution in [0.2, 0.25) is 0 Å². The molecule has 0 aliphatic carbocycles. The standard InChI is InChI=1S/C8H16O/c1-6-9-7(2)8(3,4)5/h2,6H2,1,3-5H3. The molecular formula is C8H16O. The van der Waals surface area contributed by atoms with Gasteiger partial charge >= 0.3 is 0 Å². The molecule has 0 N–H and O–H groups in total. The number of hydrogen-bond acceptors (Lipinski definition) is 1. The zero-order valence-corrected chi connectivity index (χ0v) is 6.82. The van der Waals surface area contributed by atoms with E-state index in [9.17, 15) is 0 Å². The molecule has 0 aromatic heterocycles. The normalized spacial score (nSPS) is 11.1. The predicted octanol–water partition coefficient (Wildman–Crippen LogP) is 2.58. The third-order valence-electron chi connectivity index (χ3n) is 1.16. The van der Waals surface area contributed by atoms with E-state index < -0.39 is 0 Å². The van der Waals surface area contributed by atoms with E-state index in [1.165, 1.54) is 0 Å². The predicted molar refractivity (Wildman–Crippen MR) is 40.2 cm³/mol. The molecule has 0 aliphatic rings. The smallest absolute Gasteiger partial charge is 0.0941 e. The Morgan fingerprint density at radius 3 is 2.00 bits per heavy atom. The van der Waals surface area contributed by atoms with Gasteiger partial charge in [-0.05, 0) is 6.92 Å². The van der Waals surface area contributed by atoms with Gasteiger partial charge in [0.2, 0.25) is 0 Å². The van der Waals surface area contributed by atoms with Gasteiger partial charge in [0.25, 0.3) is 0 Å². The summed E-state index contributed by atoms with van der Waals surface area (Å²) in [5, 5.41) is 0. The second kappa shape index (κ2) is 2.90. The van der Waals surface area contributed by atoms with Crippen molar-refractivity contribution >= 4 is 0 Å². The first-order valence-electron chi connectivity index (χ1n) is 3.30. The van der Waals surface area contributed by atoms with Crippen LogP contribution in [0.5, 0.6) is 0 Å². The summed E-state index contributed by atoms with van der Waals surface area (Å²) in [5.41, 5.74) is 0.0933. The number of ether oxygens (including phenoxy) is 1. The highest BCUT2D eigenvalue weighted by molar-refractivity contribution is 4.95. The van der Waals surface area contributed by atoms with E-state index in [0.29, 0.717) is 0 Å². The summed E-state index contributed by atoms with van der Waals surface area (Å²) in [6.45, 7) is 12.7. The number of rotatable bonds is 2. The minimum Gasteiger partial charge on any atom is -0.498 e. The summed E-state index contributed by atoms with van der Waals surface area (Å²) in [6, 6.07) is 0. The lowest BCUT2D eigenvalue weighted by Gasteiger charge is -2.20. The zero-order valence-electron chi connectivity index (χ0n) is 6.82. The molecule has 0 atom stereocenters. The highest BCUT2D eigenvalue weighted by Gasteiger charge is 2.14. The van der Waals surface area contributed by atoms with Crippen molar-refractivity contribution in [3.8, 4) is 0 Å². The summed E-state index contributed by atoms with van der Waals surface area (Å²) in [6.07, 6.45) is 0. The molecule has 0 fully saturated rings. The lowest BCUT2D eigenvalue weighted by molar-refractivity contribution is 0.165. The van der Waals surface area contributed by atoms with Crippen molar-refractivity contribution in [1.29, 1.82) is 0 Å². The third-order valence-corrected chi connectivity index (χ3v) is 1.16. The van der Waals surface area contributed by atoms with E-state index in [4.69, 9.17) is 4.74 Å². The van der Waals surface area contributed by atoms with Gasteiger partial charge in [-0.15, -0.1) is 0 Å². The molecule has 0 unspecified atom stereocenters. The van der Waals surface area contributed by atoms with Gasteiger partial charge < -0.3 is 4.74 Å². The van der Waals surface area contributed by atoms with Crippen molar-refractivity contribution in [2.45, 2.75) is 27.7 Å². The molecule has 9 heavy (non-hydrogen) atoms. The van der Waals surface area contributed by atoms with Crippen LogP contribution in [-0.4, -0.2) is 6.61 Å². The monoisotopic (exact) mass is 128 g/mol. The average Bonchev–Trinajstić information content (AvgIpc) is 1.64. The first kappa shape index (κ1) is 8.54. The topological polar surface area (TPSA) is 9.23 Å². The first-order valence-corrected chi connectivity index (χ1v) is 3.30. The summed E-state index contributed by atoms with van der Waals surface area (Å²) in [5.74, 6) is 0.866. The quantitative estimate of drug-likeness (QED) is 0.519. The van der Waals surface area contributed by atoms with Gasteiger partial charge in [0.05, 0.1) is 12.4 Å². The second-order valence-electron chi connectivity index (χ2n) is 3.11. The Morgan fingerprint density at radius 1 is 1.44 bits per heavy atom. The number of allylic oxidation sites excluding steroid dienone is 1. The van der Waals surface area contributed by atoms with Crippen LogP contribution in [0.3, 0.4) is 0 Å². The van der Waals surface area contributed by atoms with Crippen LogP contribution in [0.25, 0.3) is 0 Å². The Morgan fingerprint density at radius 2 is 1.89 bits per heavy atom. The van der Waals surface area contributed by atoms with Crippen molar-refractivity contribution in [3.63, 3.8) is 0 Å². The molecule has 0 saturated carbocycles. The molecule has 0 spiro atoms. The molecule has 0 rings (SSSR count). The van der Waals surface area contributed by atoms with E-state index in [2.05, 4.69) is 27.4 Å². The minimum atomic E-state index is 0.0933. The molecule has 54 valence electrons. The molecule has 0 amide bonds. The van der Waals surface area contributed by atoms with Gasteiger partial charge in [-0.1, -0.05) is 27.4 Å². The molecule has 1 nitrogen and oxygen atoms in total. The lowest BCUT2D eigenvalue weighted by atomic mass is 9.95.